The van der Waals surface area contributed by atoms with Crippen LogP contribution in [-0.4, -0.2) is 40.0 Å². The lowest BCUT2D eigenvalue weighted by atomic mass is 9.92. The molecule has 1 aromatic rings. The number of carbonyl (C=O) groups excluding carboxylic acids is 2. The molecule has 1 heterocycles. The topological polar surface area (TPSA) is 77.8 Å². The highest BCUT2D eigenvalue weighted by Gasteiger charge is 2.42. The molecular weight excluding hydrogens is 313 g/mol. The molecule has 130 valence electrons. The van der Waals surface area contributed by atoms with Crippen LogP contribution < -0.4 is 0 Å². The van der Waals surface area contributed by atoms with Gasteiger partial charge in [-0.25, -0.2) is 4.39 Å². The van der Waals surface area contributed by atoms with Gasteiger partial charge in [0.15, 0.2) is 11.5 Å². The summed E-state index contributed by atoms with van der Waals surface area (Å²) >= 11 is 0. The van der Waals surface area contributed by atoms with Crippen molar-refractivity contribution >= 4 is 11.7 Å². The summed E-state index contributed by atoms with van der Waals surface area (Å²) in [5.41, 5.74) is 0.608. The molecule has 6 heteroatoms. The molecule has 0 saturated carbocycles. The summed E-state index contributed by atoms with van der Waals surface area (Å²) in [6.07, 6.45) is 0.528. The summed E-state index contributed by atoms with van der Waals surface area (Å²) < 4.78 is 13.2. The molecule has 2 N–H and O–H groups in total. The Morgan fingerprint density at radius 3 is 2.46 bits per heavy atom. The van der Waals surface area contributed by atoms with Gasteiger partial charge in [-0.05, 0) is 30.0 Å². The number of hydrogen-bond donors (Lipinski definition) is 2. The van der Waals surface area contributed by atoms with Gasteiger partial charge in [-0.3, -0.25) is 9.59 Å². The van der Waals surface area contributed by atoms with Crippen molar-refractivity contribution in [1.29, 1.82) is 0 Å². The van der Waals surface area contributed by atoms with E-state index in [1.54, 1.807) is 0 Å². The Balaban J connectivity index is 2.45. The van der Waals surface area contributed by atoms with Gasteiger partial charge < -0.3 is 15.1 Å². The van der Waals surface area contributed by atoms with E-state index in [0.29, 0.717) is 12.0 Å². The largest absolute Gasteiger partial charge is 0.503 e. The number of ketones is 1. The molecule has 1 aromatic carbocycles. The summed E-state index contributed by atoms with van der Waals surface area (Å²) in [7, 11) is 0. The minimum atomic E-state index is -0.754. The highest BCUT2D eigenvalue weighted by molar-refractivity contribution is 6.09. The lowest BCUT2D eigenvalue weighted by molar-refractivity contribution is -0.129. The Bertz CT molecular complexity index is 651. The van der Waals surface area contributed by atoms with Gasteiger partial charge in [0.1, 0.15) is 5.82 Å². The zero-order chi connectivity index (χ0) is 17.9. The zero-order valence-electron chi connectivity index (χ0n) is 13.8. The number of carbonyl (C=O) groups is 2. The lowest BCUT2D eigenvalue weighted by Crippen LogP contribution is -2.32. The predicted octanol–water partition coefficient (Wildman–Crippen LogP) is 2.52. The molecule has 0 aliphatic carbocycles. The monoisotopic (exact) mass is 335 g/mol. The average Bonchev–Trinajstić information content (AvgIpc) is 2.77. The summed E-state index contributed by atoms with van der Waals surface area (Å²) in [5.74, 6) is -1.82. The zero-order valence-corrected chi connectivity index (χ0v) is 13.8. The highest BCUT2D eigenvalue weighted by atomic mass is 19.1. The fraction of sp³-hybridized carbons (Fsp3) is 0.444. The van der Waals surface area contributed by atoms with Crippen molar-refractivity contribution in [3.63, 3.8) is 0 Å². The summed E-state index contributed by atoms with van der Waals surface area (Å²) in [5, 5.41) is 19.3. The normalized spacial score (nSPS) is 18.0. The van der Waals surface area contributed by atoms with Crippen LogP contribution in [0.4, 0.5) is 4.39 Å². The second-order valence-corrected chi connectivity index (χ2v) is 6.31. The fourth-order valence-corrected chi connectivity index (χ4v) is 2.88. The molecular formula is C18H22FNO4. The Labute approximate surface area is 140 Å². The molecule has 0 bridgehead atoms. The lowest BCUT2D eigenvalue weighted by Gasteiger charge is -2.26. The van der Waals surface area contributed by atoms with Gasteiger partial charge in [0, 0.05) is 19.6 Å². The minimum Gasteiger partial charge on any atom is -0.503 e. The number of rotatable bonds is 7. The van der Waals surface area contributed by atoms with Crippen LogP contribution in [0.15, 0.2) is 35.6 Å². The first-order valence-electron chi connectivity index (χ1n) is 8.00. The maximum Gasteiger partial charge on any atom is 0.290 e. The summed E-state index contributed by atoms with van der Waals surface area (Å²) in [6, 6.07) is 4.75. The number of amides is 1. The van der Waals surface area contributed by atoms with Crippen LogP contribution in [0, 0.1) is 11.7 Å². The second-order valence-electron chi connectivity index (χ2n) is 6.31. The van der Waals surface area contributed by atoms with E-state index in [2.05, 4.69) is 0 Å². The minimum absolute atomic E-state index is 0.0539. The molecule has 1 aliphatic rings. The van der Waals surface area contributed by atoms with E-state index < -0.39 is 23.5 Å². The van der Waals surface area contributed by atoms with Crippen molar-refractivity contribution < 1.29 is 24.2 Å². The third-order valence-electron chi connectivity index (χ3n) is 3.94. The van der Waals surface area contributed by atoms with E-state index in [1.165, 1.54) is 29.2 Å². The summed E-state index contributed by atoms with van der Waals surface area (Å²) in [6.45, 7) is 3.83. The molecule has 2 rings (SSSR count). The third-order valence-corrected chi connectivity index (χ3v) is 3.94. The first kappa shape index (κ1) is 18.1. The van der Waals surface area contributed by atoms with Crippen molar-refractivity contribution in [2.24, 2.45) is 5.92 Å². The SMILES string of the molecule is CC(C)CC(=O)C1=C(O)C(=O)N(CCCO)C1c1ccc(F)cc1. The van der Waals surface area contributed by atoms with E-state index >= 15 is 0 Å². The molecule has 5 nitrogen and oxygen atoms in total. The van der Waals surface area contributed by atoms with Crippen molar-refractivity contribution in [1.82, 2.24) is 4.90 Å². The number of nitrogens with zero attached hydrogens (tertiary/aromatic N) is 1. The smallest absolute Gasteiger partial charge is 0.290 e. The van der Waals surface area contributed by atoms with Crippen LogP contribution in [0.5, 0.6) is 0 Å². The third kappa shape index (κ3) is 3.64. The molecule has 24 heavy (non-hydrogen) atoms. The van der Waals surface area contributed by atoms with Gasteiger partial charge in [-0.15, -0.1) is 0 Å². The molecule has 0 saturated heterocycles. The Kier molecular flexibility index (Phi) is 5.72. The van der Waals surface area contributed by atoms with Crippen molar-refractivity contribution in [2.45, 2.75) is 32.7 Å². The van der Waals surface area contributed by atoms with E-state index in [0.717, 1.165) is 0 Å². The molecule has 1 amide bonds. The molecule has 1 aliphatic heterocycles. The van der Waals surface area contributed by atoms with E-state index in [4.69, 9.17) is 5.11 Å². The standard InChI is InChI=1S/C18H22FNO4/c1-11(2)10-14(22)15-16(12-4-6-13(19)7-5-12)20(8-3-9-21)18(24)17(15)23/h4-7,11,16,21,23H,3,8-10H2,1-2H3. The van der Waals surface area contributed by atoms with Crippen LogP contribution in [0.25, 0.3) is 0 Å². The van der Waals surface area contributed by atoms with Gasteiger partial charge >= 0.3 is 0 Å². The Hall–Kier alpha value is -2.21. The first-order valence-corrected chi connectivity index (χ1v) is 8.00. The van der Waals surface area contributed by atoms with E-state index in [9.17, 15) is 19.1 Å². The first-order chi connectivity index (χ1) is 11.4. The highest BCUT2D eigenvalue weighted by Crippen LogP contribution is 2.38. The number of hydrogen-bond acceptors (Lipinski definition) is 4. The molecule has 0 fully saturated rings. The fourth-order valence-electron chi connectivity index (χ4n) is 2.88. The van der Waals surface area contributed by atoms with Crippen LogP contribution in [0.2, 0.25) is 0 Å². The Morgan fingerprint density at radius 2 is 1.92 bits per heavy atom. The molecule has 0 aromatic heterocycles. The van der Waals surface area contributed by atoms with Gasteiger partial charge in [0.25, 0.3) is 5.91 Å². The van der Waals surface area contributed by atoms with Crippen LogP contribution in [-0.2, 0) is 9.59 Å². The molecule has 0 radical (unpaired) electrons. The van der Waals surface area contributed by atoms with Crippen LogP contribution in [0.1, 0.15) is 38.3 Å². The Morgan fingerprint density at radius 1 is 1.29 bits per heavy atom. The quantitative estimate of drug-likeness (QED) is 0.803. The number of aliphatic hydroxyl groups excluding tert-OH is 2. The van der Waals surface area contributed by atoms with Crippen LogP contribution in [0.3, 0.4) is 0 Å². The van der Waals surface area contributed by atoms with Gasteiger partial charge in [-0.2, -0.15) is 0 Å². The second kappa shape index (κ2) is 7.57. The van der Waals surface area contributed by atoms with Gasteiger partial charge in [-0.1, -0.05) is 26.0 Å². The molecule has 0 spiro atoms. The van der Waals surface area contributed by atoms with Crippen molar-refractivity contribution in [3.8, 4) is 0 Å². The number of Topliss-reactive ketones (excluding diaryl/α,β-unsaturated/α-hetero) is 1. The van der Waals surface area contributed by atoms with E-state index in [-0.39, 0.29) is 36.8 Å². The average molecular weight is 335 g/mol. The number of benzene rings is 1. The van der Waals surface area contributed by atoms with Crippen molar-refractivity contribution in [3.05, 3.63) is 47.0 Å². The molecule has 1 unspecified atom stereocenters. The number of aliphatic hydroxyl groups is 2. The van der Waals surface area contributed by atoms with Crippen molar-refractivity contribution in [2.75, 3.05) is 13.2 Å². The number of halogens is 1. The van der Waals surface area contributed by atoms with Gasteiger partial charge in [0.2, 0.25) is 0 Å². The maximum atomic E-state index is 13.2. The maximum absolute atomic E-state index is 13.2. The van der Waals surface area contributed by atoms with E-state index in [1.807, 2.05) is 13.8 Å². The molecule has 1 atom stereocenters. The van der Waals surface area contributed by atoms with Crippen LogP contribution >= 0.6 is 0 Å². The van der Waals surface area contributed by atoms with Gasteiger partial charge in [0.05, 0.1) is 11.6 Å². The predicted molar refractivity (Wildman–Crippen MR) is 86.7 cm³/mol. The summed E-state index contributed by atoms with van der Waals surface area (Å²) in [4.78, 5) is 26.3.